The molecule has 226 valence electrons. The second kappa shape index (κ2) is 18.6. The van der Waals surface area contributed by atoms with E-state index in [0.717, 1.165) is 45.3 Å². The predicted molar refractivity (Wildman–Crippen MR) is 186 cm³/mol. The molecule has 0 radical (unpaired) electrons. The van der Waals surface area contributed by atoms with Gasteiger partial charge < -0.3 is 14.6 Å². The summed E-state index contributed by atoms with van der Waals surface area (Å²) in [5, 5.41) is 0.740. The highest BCUT2D eigenvalue weighted by atomic mass is 35.5. The number of rotatable bonds is 6. The molecule has 0 aliphatic rings. The molecule has 6 nitrogen and oxygen atoms in total. The molecule has 0 spiro atoms. The first kappa shape index (κ1) is 38.3. The van der Waals surface area contributed by atoms with E-state index in [2.05, 4.69) is 23.1 Å². The summed E-state index contributed by atoms with van der Waals surface area (Å²) in [6, 6.07) is 15.1. The number of carbonyl (C=O) groups excluding carboxylic acids is 2. The zero-order valence-electron chi connectivity index (χ0n) is 26.6. The van der Waals surface area contributed by atoms with Gasteiger partial charge in [-0.3, -0.25) is 14.8 Å². The van der Waals surface area contributed by atoms with Crippen molar-refractivity contribution >= 4 is 75.8 Å². The van der Waals surface area contributed by atoms with Crippen molar-refractivity contribution in [1.82, 2.24) is 0 Å². The van der Waals surface area contributed by atoms with Gasteiger partial charge in [-0.2, -0.15) is 0 Å². The molecule has 42 heavy (non-hydrogen) atoms. The summed E-state index contributed by atoms with van der Waals surface area (Å²) < 4.78 is 0. The smallest absolute Gasteiger partial charge is 0.259 e. The fraction of sp³-hybridized carbons (Fsp3) is 0.294. The lowest BCUT2D eigenvalue weighted by Crippen LogP contribution is -2.27. The van der Waals surface area contributed by atoms with Crippen LogP contribution in [-0.4, -0.2) is 38.2 Å². The maximum absolute atomic E-state index is 13.6. The molecule has 3 aromatic rings. The normalized spacial score (nSPS) is 9.43. The van der Waals surface area contributed by atoms with Gasteiger partial charge >= 0.3 is 0 Å². The van der Waals surface area contributed by atoms with E-state index in [0.29, 0.717) is 21.3 Å². The molecule has 1 amide bonds. The van der Waals surface area contributed by atoms with Gasteiger partial charge in [-0.25, -0.2) is 0 Å². The van der Waals surface area contributed by atoms with Gasteiger partial charge in [0.25, 0.3) is 5.91 Å². The van der Waals surface area contributed by atoms with Crippen LogP contribution >= 0.6 is 23.2 Å². The third-order valence-electron chi connectivity index (χ3n) is 5.78. The Morgan fingerprint density at radius 1 is 0.714 bits per heavy atom. The highest BCUT2D eigenvalue weighted by molar-refractivity contribution is 6.38. The van der Waals surface area contributed by atoms with Crippen LogP contribution in [0, 0.1) is 13.8 Å². The number of halogens is 2. The highest BCUT2D eigenvalue weighted by Gasteiger charge is 2.21. The van der Waals surface area contributed by atoms with Gasteiger partial charge in [-0.15, -0.1) is 13.2 Å². The van der Waals surface area contributed by atoms with Gasteiger partial charge in [0.1, 0.15) is 6.79 Å². The van der Waals surface area contributed by atoms with Gasteiger partial charge in [0.05, 0.1) is 32.7 Å². The van der Waals surface area contributed by atoms with E-state index in [1.807, 2.05) is 111 Å². The van der Waals surface area contributed by atoms with Gasteiger partial charge in [0.15, 0.2) is 0 Å². The molecule has 0 saturated carbocycles. The van der Waals surface area contributed by atoms with Crippen LogP contribution < -0.4 is 9.80 Å². The minimum atomic E-state index is -0.242. The van der Waals surface area contributed by atoms with Crippen molar-refractivity contribution in [3.05, 3.63) is 88.4 Å². The van der Waals surface area contributed by atoms with Crippen molar-refractivity contribution < 1.29 is 9.59 Å². The summed E-state index contributed by atoms with van der Waals surface area (Å²) in [5.74, 6) is -0.242. The summed E-state index contributed by atoms with van der Waals surface area (Å²) in [6.07, 6.45) is 0. The molecule has 0 saturated heterocycles. The molecule has 3 aromatic carbocycles. The minimum absolute atomic E-state index is 0.242. The Bertz CT molecular complexity index is 1410. The fourth-order valence-electron chi connectivity index (χ4n) is 3.73. The van der Waals surface area contributed by atoms with Crippen molar-refractivity contribution in [2.75, 3.05) is 23.9 Å². The zero-order valence-corrected chi connectivity index (χ0v) is 28.1. The van der Waals surface area contributed by atoms with Crippen molar-refractivity contribution in [1.29, 1.82) is 0 Å². The van der Waals surface area contributed by atoms with E-state index in [1.165, 1.54) is 0 Å². The molecule has 0 N–H and O–H groups in total. The molecule has 0 aromatic heterocycles. The van der Waals surface area contributed by atoms with E-state index in [9.17, 15) is 4.79 Å². The Kier molecular flexibility index (Phi) is 17.0. The number of amides is 1. The number of anilines is 3. The van der Waals surface area contributed by atoms with Crippen LogP contribution in [0.4, 0.5) is 28.4 Å². The predicted octanol–water partition coefficient (Wildman–Crippen LogP) is 10.5. The van der Waals surface area contributed by atoms with E-state index in [4.69, 9.17) is 28.0 Å². The van der Waals surface area contributed by atoms with Crippen molar-refractivity contribution in [2.24, 2.45) is 9.98 Å². The van der Waals surface area contributed by atoms with E-state index in [-0.39, 0.29) is 5.91 Å². The maximum Gasteiger partial charge on any atom is 0.259 e. The third kappa shape index (κ3) is 10.3. The van der Waals surface area contributed by atoms with Crippen LogP contribution in [0.1, 0.15) is 63.0 Å². The number of carbonyl (C=O) groups is 2. The van der Waals surface area contributed by atoms with Crippen LogP contribution in [0.2, 0.25) is 10.0 Å². The van der Waals surface area contributed by atoms with Crippen LogP contribution in [0.15, 0.2) is 71.7 Å². The molecule has 0 unspecified atom stereocenters. The molecule has 0 atom stereocenters. The first-order chi connectivity index (χ1) is 19.9. The fourth-order valence-corrected chi connectivity index (χ4v) is 4.32. The largest absolute Gasteiger partial charge is 0.343 e. The molecule has 0 aliphatic carbocycles. The van der Waals surface area contributed by atoms with Gasteiger partial charge in [0, 0.05) is 36.9 Å². The van der Waals surface area contributed by atoms with E-state index >= 15 is 0 Å². The number of benzene rings is 3. The van der Waals surface area contributed by atoms with Crippen molar-refractivity contribution in [3.63, 3.8) is 0 Å². The number of aliphatic imine (C=N–C) groups is 2. The average Bonchev–Trinajstić information content (AvgIpc) is 2.97. The summed E-state index contributed by atoms with van der Waals surface area (Å²) >= 11 is 13.1. The van der Waals surface area contributed by atoms with E-state index in [1.54, 1.807) is 24.1 Å². The number of hydrogen-bond acceptors (Lipinski definition) is 5. The molecule has 0 fully saturated rings. The average molecular weight is 612 g/mol. The minimum Gasteiger partial charge on any atom is -0.343 e. The molecular weight excluding hydrogens is 567 g/mol. The SMILES string of the molecule is C=C.C=O.CC.CC(C)=Nc1cc(N(C)C(=O)c2cc(N(C)c3ccc(C)c(N=C(C)C)c3)c(Cl)cc2Cl)ccc1C. The van der Waals surface area contributed by atoms with Crippen LogP contribution in [0.5, 0.6) is 0 Å². The Hall–Kier alpha value is -3.74. The number of hydrogen-bond donors (Lipinski definition) is 0. The quantitative estimate of drug-likeness (QED) is 0.206. The second-order valence-electron chi connectivity index (χ2n) is 9.27. The molecular formula is C34H44Cl2N4O2. The van der Waals surface area contributed by atoms with E-state index < -0.39 is 0 Å². The van der Waals surface area contributed by atoms with Gasteiger partial charge in [-0.1, -0.05) is 49.2 Å². The molecule has 0 aliphatic heterocycles. The number of aryl methyl sites for hydroxylation is 2. The number of nitrogens with zero attached hydrogens (tertiary/aromatic N) is 4. The summed E-state index contributed by atoms with van der Waals surface area (Å²) in [4.78, 5) is 34.3. The Labute approximate surface area is 262 Å². The standard InChI is InChI=1S/C29H32Cl2N4O.C2H6.C2H4.CH2O/c1-17(2)32-26-13-21(11-9-19(26)5)34(7)28-15-23(24(30)16-25(28)31)29(36)35(8)22-12-10-20(6)27(14-22)33-18(3)4;3*1-2/h9-16H,1-8H3;1-2H3;1-2H2;1H2. The Morgan fingerprint density at radius 2 is 1.14 bits per heavy atom. The lowest BCUT2D eigenvalue weighted by Gasteiger charge is -2.24. The first-order valence-corrected chi connectivity index (χ1v) is 14.2. The molecule has 0 bridgehead atoms. The lowest BCUT2D eigenvalue weighted by atomic mass is 10.1. The lowest BCUT2D eigenvalue weighted by molar-refractivity contribution is -0.0980. The first-order valence-electron chi connectivity index (χ1n) is 13.4. The summed E-state index contributed by atoms with van der Waals surface area (Å²) in [7, 11) is 3.63. The summed E-state index contributed by atoms with van der Waals surface area (Å²) in [5.41, 5.74) is 8.39. The highest BCUT2D eigenvalue weighted by Crippen LogP contribution is 2.37. The zero-order chi connectivity index (χ0) is 32.7. The Morgan fingerprint density at radius 3 is 1.60 bits per heavy atom. The monoisotopic (exact) mass is 610 g/mol. The van der Waals surface area contributed by atoms with Crippen LogP contribution in [-0.2, 0) is 4.79 Å². The summed E-state index contributed by atoms with van der Waals surface area (Å²) in [6.45, 7) is 23.8. The Balaban J connectivity index is 0.00000263. The van der Waals surface area contributed by atoms with Crippen LogP contribution in [0.25, 0.3) is 0 Å². The molecule has 3 rings (SSSR count). The maximum atomic E-state index is 13.6. The van der Waals surface area contributed by atoms with Gasteiger partial charge in [0.2, 0.25) is 0 Å². The molecule has 8 heteroatoms. The van der Waals surface area contributed by atoms with Crippen molar-refractivity contribution in [3.8, 4) is 0 Å². The molecule has 0 heterocycles. The topological polar surface area (TPSA) is 65.3 Å². The second-order valence-corrected chi connectivity index (χ2v) is 10.1. The third-order valence-corrected chi connectivity index (χ3v) is 6.40. The van der Waals surface area contributed by atoms with Gasteiger partial charge in [-0.05, 0) is 89.1 Å². The van der Waals surface area contributed by atoms with Crippen LogP contribution in [0.3, 0.4) is 0 Å². The van der Waals surface area contributed by atoms with Crippen molar-refractivity contribution in [2.45, 2.75) is 55.4 Å².